The van der Waals surface area contributed by atoms with Gasteiger partial charge in [0.2, 0.25) is 0 Å². The fourth-order valence-electron chi connectivity index (χ4n) is 4.86. The maximum absolute atomic E-state index is 12.7. The van der Waals surface area contributed by atoms with Gasteiger partial charge >= 0.3 is 0 Å². The number of hydrogen-bond acceptors (Lipinski definition) is 2. The highest BCUT2D eigenvalue weighted by molar-refractivity contribution is 14.1. The first kappa shape index (κ1) is 17.1. The van der Waals surface area contributed by atoms with Crippen LogP contribution in [-0.2, 0) is 7.05 Å². The molecule has 0 saturated heterocycles. The molecule has 2 aromatic rings. The van der Waals surface area contributed by atoms with Gasteiger partial charge in [-0.1, -0.05) is 26.0 Å². The third kappa shape index (κ3) is 2.90. The zero-order chi connectivity index (χ0) is 17.7. The number of rotatable bonds is 3. The summed E-state index contributed by atoms with van der Waals surface area (Å²) in [4.78, 5) is 12.7. The van der Waals surface area contributed by atoms with Gasteiger partial charge in [-0.2, -0.15) is 5.10 Å². The number of nitrogens with one attached hydrogen (secondary N) is 1. The Morgan fingerprint density at radius 3 is 2.84 bits per heavy atom. The quantitative estimate of drug-likeness (QED) is 0.677. The minimum atomic E-state index is -0.0623. The molecule has 5 heteroatoms. The molecule has 4 nitrogen and oxygen atoms in total. The summed E-state index contributed by atoms with van der Waals surface area (Å²) >= 11 is 2.12. The van der Waals surface area contributed by atoms with Crippen LogP contribution in [0.4, 0.5) is 5.69 Å². The van der Waals surface area contributed by atoms with E-state index in [1.54, 1.807) is 10.9 Å². The van der Waals surface area contributed by atoms with Gasteiger partial charge in [0, 0.05) is 18.9 Å². The number of aromatic nitrogens is 2. The van der Waals surface area contributed by atoms with Gasteiger partial charge in [-0.05, 0) is 82.7 Å². The van der Waals surface area contributed by atoms with Crippen LogP contribution >= 0.6 is 22.6 Å². The molecule has 3 atom stereocenters. The molecular weight excluding hydrogens is 425 g/mol. The van der Waals surface area contributed by atoms with E-state index in [4.69, 9.17) is 0 Å². The van der Waals surface area contributed by atoms with Crippen molar-refractivity contribution in [1.29, 1.82) is 0 Å². The van der Waals surface area contributed by atoms with Crippen LogP contribution in [0.3, 0.4) is 0 Å². The van der Waals surface area contributed by atoms with E-state index in [0.717, 1.165) is 21.2 Å². The van der Waals surface area contributed by atoms with E-state index in [1.807, 2.05) is 7.05 Å². The Balaban J connectivity index is 1.68. The van der Waals surface area contributed by atoms with Crippen LogP contribution < -0.4 is 5.32 Å². The topological polar surface area (TPSA) is 46.9 Å². The summed E-state index contributed by atoms with van der Waals surface area (Å²) in [6, 6.07) is 6.44. The number of carbonyl (C=O) groups excluding carboxylic acids is 1. The van der Waals surface area contributed by atoms with Crippen LogP contribution in [0, 0.1) is 15.5 Å². The van der Waals surface area contributed by atoms with Gasteiger partial charge in [0.25, 0.3) is 5.91 Å². The molecule has 1 heterocycles. The second-order valence-electron chi connectivity index (χ2n) is 7.79. The first-order valence-corrected chi connectivity index (χ1v) is 10.2. The fourth-order valence-corrected chi connectivity index (χ4v) is 5.59. The predicted molar refractivity (Wildman–Crippen MR) is 108 cm³/mol. The number of hydrogen-bond donors (Lipinski definition) is 1. The van der Waals surface area contributed by atoms with Crippen molar-refractivity contribution in [3.05, 3.63) is 44.8 Å². The van der Waals surface area contributed by atoms with Crippen molar-refractivity contribution in [2.24, 2.45) is 18.9 Å². The first-order chi connectivity index (χ1) is 12.0. The van der Waals surface area contributed by atoms with Gasteiger partial charge in [0.05, 0.1) is 5.56 Å². The maximum Gasteiger partial charge on any atom is 0.259 e. The average molecular weight is 449 g/mol. The fraction of sp³-hybridized carbons (Fsp3) is 0.500. The molecule has 0 aliphatic heterocycles. The normalized spacial score (nSPS) is 24.4. The van der Waals surface area contributed by atoms with E-state index in [1.165, 1.54) is 30.4 Å². The van der Waals surface area contributed by atoms with Crippen molar-refractivity contribution in [2.45, 2.75) is 44.9 Å². The van der Waals surface area contributed by atoms with Gasteiger partial charge in [-0.15, -0.1) is 0 Å². The van der Waals surface area contributed by atoms with Gasteiger partial charge in [0.1, 0.15) is 3.70 Å². The summed E-state index contributed by atoms with van der Waals surface area (Å²) in [6.45, 7) is 4.70. The number of carbonyl (C=O) groups is 1. The number of aryl methyl sites for hydroxylation is 1. The third-order valence-corrected chi connectivity index (χ3v) is 6.78. The monoisotopic (exact) mass is 449 g/mol. The van der Waals surface area contributed by atoms with Crippen molar-refractivity contribution in [3.8, 4) is 0 Å². The average Bonchev–Trinajstić information content (AvgIpc) is 2.94. The van der Waals surface area contributed by atoms with Gasteiger partial charge in [-0.25, -0.2) is 0 Å². The molecule has 5 rings (SSSR count). The summed E-state index contributed by atoms with van der Waals surface area (Å²) in [5, 5.41) is 7.44. The van der Waals surface area contributed by atoms with Crippen molar-refractivity contribution < 1.29 is 4.79 Å². The van der Waals surface area contributed by atoms with Crippen LogP contribution in [0.5, 0.6) is 0 Å². The SMILES string of the molecule is CC(C)C1CC2CCC1c1cccc(NC(=O)c3cn(C)nc3I)c12. The predicted octanol–water partition coefficient (Wildman–Crippen LogP) is 4.91. The lowest BCUT2D eigenvalue weighted by Gasteiger charge is -2.46. The number of nitrogens with zero attached hydrogens (tertiary/aromatic N) is 2. The number of benzene rings is 1. The lowest BCUT2D eigenvalue weighted by atomic mass is 9.59. The molecule has 132 valence electrons. The zero-order valence-electron chi connectivity index (χ0n) is 14.9. The second kappa shape index (κ2) is 6.41. The third-order valence-electron chi connectivity index (χ3n) is 5.98. The number of anilines is 1. The smallest absolute Gasteiger partial charge is 0.259 e. The molecule has 0 spiro atoms. The Labute approximate surface area is 162 Å². The Bertz CT molecular complexity index is 826. The molecular formula is C20H24IN3O. The molecule has 1 aromatic heterocycles. The highest BCUT2D eigenvalue weighted by Crippen LogP contribution is 2.56. The van der Waals surface area contributed by atoms with Crippen molar-refractivity contribution in [3.63, 3.8) is 0 Å². The van der Waals surface area contributed by atoms with Crippen LogP contribution in [0.2, 0.25) is 0 Å². The van der Waals surface area contributed by atoms with Crippen molar-refractivity contribution in [1.82, 2.24) is 9.78 Å². The highest BCUT2D eigenvalue weighted by Gasteiger charge is 2.41. The van der Waals surface area contributed by atoms with E-state index in [-0.39, 0.29) is 5.91 Å². The molecule has 3 aliphatic carbocycles. The molecule has 3 unspecified atom stereocenters. The molecule has 0 radical (unpaired) electrons. The minimum Gasteiger partial charge on any atom is -0.322 e. The lowest BCUT2D eigenvalue weighted by molar-refractivity contribution is 0.102. The van der Waals surface area contributed by atoms with Gasteiger partial charge < -0.3 is 5.32 Å². The summed E-state index contributed by atoms with van der Waals surface area (Å²) in [5.41, 5.74) is 4.50. The summed E-state index contributed by atoms with van der Waals surface area (Å²) in [7, 11) is 1.84. The largest absolute Gasteiger partial charge is 0.322 e. The molecule has 1 fully saturated rings. The second-order valence-corrected chi connectivity index (χ2v) is 8.82. The Kier molecular flexibility index (Phi) is 4.38. The van der Waals surface area contributed by atoms with Gasteiger partial charge in [-0.3, -0.25) is 9.48 Å². The Hall–Kier alpha value is -1.37. The lowest BCUT2D eigenvalue weighted by Crippen LogP contribution is -2.33. The maximum atomic E-state index is 12.7. The summed E-state index contributed by atoms with van der Waals surface area (Å²) in [6.07, 6.45) is 5.58. The summed E-state index contributed by atoms with van der Waals surface area (Å²) < 4.78 is 2.43. The molecule has 3 aliphatic rings. The molecule has 2 bridgehead atoms. The van der Waals surface area contributed by atoms with E-state index in [0.29, 0.717) is 17.4 Å². The Morgan fingerprint density at radius 2 is 2.16 bits per heavy atom. The van der Waals surface area contributed by atoms with Crippen LogP contribution in [0.25, 0.3) is 0 Å². The van der Waals surface area contributed by atoms with Crippen LogP contribution in [0.1, 0.15) is 66.4 Å². The molecule has 1 aromatic carbocycles. The van der Waals surface area contributed by atoms with E-state index in [2.05, 4.69) is 65.1 Å². The van der Waals surface area contributed by atoms with E-state index in [9.17, 15) is 4.79 Å². The molecule has 1 saturated carbocycles. The zero-order valence-corrected chi connectivity index (χ0v) is 17.1. The number of halogens is 1. The van der Waals surface area contributed by atoms with Gasteiger partial charge in [0.15, 0.2) is 0 Å². The first-order valence-electron chi connectivity index (χ1n) is 9.09. The van der Waals surface area contributed by atoms with Crippen molar-refractivity contribution in [2.75, 3.05) is 5.32 Å². The number of amides is 1. The van der Waals surface area contributed by atoms with Crippen molar-refractivity contribution >= 4 is 34.2 Å². The van der Waals surface area contributed by atoms with Crippen LogP contribution in [0.15, 0.2) is 24.4 Å². The molecule has 25 heavy (non-hydrogen) atoms. The van der Waals surface area contributed by atoms with E-state index < -0.39 is 0 Å². The van der Waals surface area contributed by atoms with Crippen LogP contribution in [-0.4, -0.2) is 15.7 Å². The molecule has 1 N–H and O–H groups in total. The number of fused-ring (bicyclic) bond motifs is 2. The molecule has 1 amide bonds. The van der Waals surface area contributed by atoms with E-state index >= 15 is 0 Å². The Morgan fingerprint density at radius 1 is 1.36 bits per heavy atom. The highest BCUT2D eigenvalue weighted by atomic mass is 127. The minimum absolute atomic E-state index is 0.0623. The standard InChI is InChI=1S/C20H24IN3O/c1-11(2)15-9-12-7-8-13(15)14-5-4-6-17(18(12)14)22-20(25)16-10-24(3)23-19(16)21/h4-6,10-13,15H,7-9H2,1-3H3,(H,22,25). The summed E-state index contributed by atoms with van der Waals surface area (Å²) in [5.74, 6) is 2.66.